The maximum atomic E-state index is 3.75. The lowest BCUT2D eigenvalue weighted by Crippen LogP contribution is -2.31. The molecule has 0 N–H and O–H groups in total. The number of aromatic nitrogens is 2. The van der Waals surface area contributed by atoms with Gasteiger partial charge in [0.1, 0.15) is 0 Å². The van der Waals surface area contributed by atoms with Gasteiger partial charge in [0, 0.05) is 11.0 Å². The number of para-hydroxylation sites is 2. The van der Waals surface area contributed by atoms with Crippen LogP contribution >= 0.6 is 0 Å². The third kappa shape index (κ3) is 1.71. The van der Waals surface area contributed by atoms with Crippen molar-refractivity contribution in [3.8, 4) is 0 Å². The molecule has 1 aromatic heterocycles. The summed E-state index contributed by atoms with van der Waals surface area (Å²) in [6.07, 6.45) is 7.03. The molecule has 0 amide bonds. The van der Waals surface area contributed by atoms with E-state index in [1.54, 1.807) is 0 Å². The summed E-state index contributed by atoms with van der Waals surface area (Å²) in [5, 5.41) is 0. The van der Waals surface area contributed by atoms with Gasteiger partial charge in [-0.3, -0.25) is 0 Å². The van der Waals surface area contributed by atoms with Crippen LogP contribution in [-0.4, -0.2) is 4.57 Å². The van der Waals surface area contributed by atoms with Crippen LogP contribution in [0.15, 0.2) is 49.6 Å². The van der Waals surface area contributed by atoms with Crippen LogP contribution in [0.2, 0.25) is 0 Å². The minimum absolute atomic E-state index is 0.782. The van der Waals surface area contributed by atoms with Crippen LogP contribution in [0.25, 0.3) is 11.0 Å². The topological polar surface area (TPSA) is 8.81 Å². The second kappa shape index (κ2) is 4.13. The van der Waals surface area contributed by atoms with Gasteiger partial charge in [0.15, 0.2) is 0 Å². The van der Waals surface area contributed by atoms with E-state index < -0.39 is 0 Å². The molecule has 2 aromatic rings. The Morgan fingerprint density at radius 3 is 2.80 bits per heavy atom. The first-order valence-corrected chi connectivity index (χ1v) is 4.99. The van der Waals surface area contributed by atoms with Gasteiger partial charge in [-0.1, -0.05) is 49.6 Å². The number of hydrogen-bond acceptors (Lipinski definition) is 0. The molecule has 2 nitrogen and oxygen atoms in total. The van der Waals surface area contributed by atoms with Gasteiger partial charge in [-0.05, 0) is 0 Å². The van der Waals surface area contributed by atoms with Gasteiger partial charge >= 0.3 is 0 Å². The summed E-state index contributed by atoms with van der Waals surface area (Å²) < 4.78 is 4.12. The van der Waals surface area contributed by atoms with Crippen LogP contribution in [0.1, 0.15) is 0 Å². The van der Waals surface area contributed by atoms with Crippen molar-refractivity contribution in [3.05, 3.63) is 55.9 Å². The maximum absolute atomic E-state index is 3.75. The Morgan fingerprint density at radius 1 is 1.27 bits per heavy atom. The molecule has 1 heterocycles. The number of benzene rings is 1. The van der Waals surface area contributed by atoms with Gasteiger partial charge < -0.3 is 9.13 Å². The molecule has 0 radical (unpaired) electrons. The first-order valence-electron chi connectivity index (χ1n) is 4.99. The number of allylic oxidation sites excluding steroid dienone is 2. The van der Waals surface area contributed by atoms with Crippen LogP contribution in [0.5, 0.6) is 0 Å². The van der Waals surface area contributed by atoms with E-state index in [0.29, 0.717) is 0 Å². The van der Waals surface area contributed by atoms with Crippen LogP contribution in [-0.2, 0) is 13.1 Å². The summed E-state index contributed by atoms with van der Waals surface area (Å²) in [5.74, 6) is 0. The molecule has 0 spiro atoms. The monoisotopic (exact) mass is 198 g/mol. The van der Waals surface area contributed by atoms with E-state index in [9.17, 15) is 0 Å². The fourth-order valence-electron chi connectivity index (χ4n) is 1.71. The normalized spacial score (nSPS) is 10.4. The molecule has 0 aliphatic heterocycles. The average molecular weight is 198 g/mol. The van der Waals surface area contributed by atoms with E-state index in [0.717, 1.165) is 13.1 Å². The fraction of sp³-hybridized carbons (Fsp3) is 0.154. The van der Waals surface area contributed by atoms with Crippen LogP contribution in [0.4, 0.5) is 0 Å². The molecule has 0 aliphatic carbocycles. The van der Waals surface area contributed by atoms with Crippen LogP contribution < -0.4 is 4.57 Å². The molecule has 2 heteroatoms. The highest BCUT2D eigenvalue weighted by atomic mass is 15.1. The molecular formula is C13H14N2. The molecule has 0 saturated heterocycles. The molecule has 0 atom stereocenters. The van der Waals surface area contributed by atoms with Gasteiger partial charge in [-0.15, -0.1) is 0 Å². The molecule has 0 unspecified atom stereocenters. The average Bonchev–Trinajstić information content (AvgIpc) is 2.59. The van der Waals surface area contributed by atoms with Crippen molar-refractivity contribution in [3.63, 3.8) is 0 Å². The third-order valence-corrected chi connectivity index (χ3v) is 2.33. The number of nitrogens with zero attached hydrogens (tertiary/aromatic N) is 2. The van der Waals surface area contributed by atoms with Crippen molar-refractivity contribution in [1.82, 2.24) is 4.57 Å². The lowest BCUT2D eigenvalue weighted by molar-refractivity contribution is -0.666. The predicted octanol–water partition coefficient (Wildman–Crippen LogP) is 2.10. The summed E-state index contributed by atoms with van der Waals surface area (Å²) in [6.45, 7) is 9.06. The Morgan fingerprint density at radius 2 is 2.07 bits per heavy atom. The summed E-state index contributed by atoms with van der Waals surface area (Å²) >= 11 is 0. The summed E-state index contributed by atoms with van der Waals surface area (Å²) in [6, 6.07) is 8.26. The smallest absolute Gasteiger partial charge is 0.205 e. The SMILES string of the molecule is C=CCn1[c-][n+](CC=C)c2ccccc21. The summed E-state index contributed by atoms with van der Waals surface area (Å²) in [4.78, 5) is 0. The van der Waals surface area contributed by atoms with E-state index in [4.69, 9.17) is 0 Å². The second-order valence-corrected chi connectivity index (χ2v) is 3.39. The Hall–Kier alpha value is -1.83. The van der Waals surface area contributed by atoms with E-state index in [1.807, 2.05) is 24.3 Å². The number of imidazole rings is 1. The van der Waals surface area contributed by atoms with Gasteiger partial charge in [-0.25, -0.2) is 0 Å². The molecular weight excluding hydrogens is 184 g/mol. The maximum Gasteiger partial charge on any atom is 0.205 e. The fourth-order valence-corrected chi connectivity index (χ4v) is 1.71. The standard InChI is InChI=1S/C13H14N2/c1-3-9-14-11-15(10-4-2)13-8-6-5-7-12(13)14/h3-8H,1-2,9-10H2. The summed E-state index contributed by atoms with van der Waals surface area (Å²) in [7, 11) is 0. The molecule has 0 saturated carbocycles. The van der Waals surface area contributed by atoms with Crippen molar-refractivity contribution in [1.29, 1.82) is 0 Å². The van der Waals surface area contributed by atoms with Gasteiger partial charge in [-0.2, -0.15) is 0 Å². The third-order valence-electron chi connectivity index (χ3n) is 2.33. The van der Waals surface area contributed by atoms with Crippen molar-refractivity contribution in [2.75, 3.05) is 0 Å². The number of rotatable bonds is 4. The van der Waals surface area contributed by atoms with Gasteiger partial charge in [0.05, 0.1) is 13.1 Å². The number of fused-ring (bicyclic) bond motifs is 1. The molecule has 2 rings (SSSR count). The highest BCUT2D eigenvalue weighted by Gasteiger charge is 2.02. The van der Waals surface area contributed by atoms with Crippen molar-refractivity contribution in [2.24, 2.45) is 0 Å². The van der Waals surface area contributed by atoms with E-state index in [-0.39, 0.29) is 0 Å². The molecule has 1 aromatic carbocycles. The second-order valence-electron chi connectivity index (χ2n) is 3.39. The Bertz CT molecular complexity index is 450. The zero-order chi connectivity index (χ0) is 10.7. The Kier molecular flexibility index (Phi) is 2.68. The van der Waals surface area contributed by atoms with Crippen LogP contribution in [0.3, 0.4) is 0 Å². The number of hydrogen-bond donors (Lipinski definition) is 0. The molecule has 0 fully saturated rings. The van der Waals surface area contributed by atoms with Crippen molar-refractivity contribution < 1.29 is 4.57 Å². The largest absolute Gasteiger partial charge is 0.341 e. The first-order chi connectivity index (χ1) is 7.36. The molecule has 15 heavy (non-hydrogen) atoms. The summed E-state index contributed by atoms with van der Waals surface area (Å²) in [5.41, 5.74) is 2.36. The molecule has 0 aliphatic rings. The van der Waals surface area contributed by atoms with Gasteiger partial charge in [0.25, 0.3) is 0 Å². The van der Waals surface area contributed by atoms with E-state index >= 15 is 0 Å². The van der Waals surface area contributed by atoms with E-state index in [2.05, 4.69) is 40.8 Å². The minimum atomic E-state index is 0.782. The zero-order valence-corrected chi connectivity index (χ0v) is 8.69. The van der Waals surface area contributed by atoms with E-state index in [1.165, 1.54) is 11.0 Å². The lowest BCUT2D eigenvalue weighted by Gasteiger charge is -1.99. The lowest BCUT2D eigenvalue weighted by atomic mass is 10.3. The predicted molar refractivity (Wildman–Crippen MR) is 61.4 cm³/mol. The Labute approximate surface area is 89.8 Å². The minimum Gasteiger partial charge on any atom is -0.341 e. The van der Waals surface area contributed by atoms with Crippen molar-refractivity contribution in [2.45, 2.75) is 13.1 Å². The molecule has 0 bridgehead atoms. The highest BCUT2D eigenvalue weighted by molar-refractivity contribution is 5.71. The van der Waals surface area contributed by atoms with Crippen molar-refractivity contribution >= 4 is 11.0 Å². The quantitative estimate of drug-likeness (QED) is 0.404. The van der Waals surface area contributed by atoms with Gasteiger partial charge in [0.2, 0.25) is 6.33 Å². The highest BCUT2D eigenvalue weighted by Crippen LogP contribution is 2.09. The molecule has 76 valence electrons. The zero-order valence-electron chi connectivity index (χ0n) is 8.69. The van der Waals surface area contributed by atoms with Crippen LogP contribution in [0, 0.1) is 6.33 Å². The first kappa shape index (κ1) is 9.71. The Balaban J connectivity index is 2.61.